The van der Waals surface area contributed by atoms with Crippen LogP contribution in [0.3, 0.4) is 0 Å². The van der Waals surface area contributed by atoms with Gasteiger partial charge in [0.15, 0.2) is 5.16 Å². The number of nitriles is 1. The number of aromatic nitrogens is 2. The molecule has 6 nitrogen and oxygen atoms in total. The first kappa shape index (κ1) is 14.0. The molecule has 1 heterocycles. The number of hydrogen-bond donors (Lipinski definition) is 2. The average Bonchev–Trinajstić information content (AvgIpc) is 2.46. The summed E-state index contributed by atoms with van der Waals surface area (Å²) in [5, 5.41) is 12.8. The molecule has 0 bridgehead atoms. The van der Waals surface area contributed by atoms with Gasteiger partial charge in [0, 0.05) is 6.07 Å². The fourth-order valence-electron chi connectivity index (χ4n) is 1.65. The molecule has 0 saturated carbocycles. The van der Waals surface area contributed by atoms with Gasteiger partial charge in [0.2, 0.25) is 0 Å². The summed E-state index contributed by atoms with van der Waals surface area (Å²) in [7, 11) is 1.54. The van der Waals surface area contributed by atoms with E-state index in [0.717, 1.165) is 0 Å². The molecule has 1 aromatic heterocycles. The van der Waals surface area contributed by atoms with Crippen molar-refractivity contribution >= 4 is 29.1 Å². The third-order valence-corrected chi connectivity index (χ3v) is 3.08. The van der Waals surface area contributed by atoms with Crippen LogP contribution in [0.1, 0.15) is 5.56 Å². The fraction of sp³-hybridized carbons (Fsp3) is 0.154. The lowest BCUT2D eigenvalue weighted by Crippen LogP contribution is -2.02. The smallest absolute Gasteiger partial charge is 0.191 e. The van der Waals surface area contributed by atoms with Crippen LogP contribution in [0.4, 0.5) is 17.3 Å². The Bertz CT molecular complexity index is 668. The van der Waals surface area contributed by atoms with Gasteiger partial charge >= 0.3 is 0 Å². The molecule has 102 valence electrons. The van der Waals surface area contributed by atoms with Crippen LogP contribution < -0.4 is 15.8 Å². The molecule has 2 aromatic rings. The molecule has 0 aliphatic rings. The van der Waals surface area contributed by atoms with Crippen LogP contribution in [0, 0.1) is 11.3 Å². The first-order valence-electron chi connectivity index (χ1n) is 5.70. The third kappa shape index (κ3) is 2.92. The van der Waals surface area contributed by atoms with Crippen molar-refractivity contribution in [3.05, 3.63) is 29.8 Å². The van der Waals surface area contributed by atoms with Crippen molar-refractivity contribution < 1.29 is 4.74 Å². The van der Waals surface area contributed by atoms with E-state index in [0.29, 0.717) is 33.8 Å². The van der Waals surface area contributed by atoms with Crippen molar-refractivity contribution in [2.75, 3.05) is 24.4 Å². The number of ether oxygens (including phenoxy) is 1. The topological polar surface area (TPSA) is 96.8 Å². The Morgan fingerprint density at radius 1 is 1.40 bits per heavy atom. The van der Waals surface area contributed by atoms with Gasteiger partial charge in [-0.1, -0.05) is 17.8 Å². The molecule has 0 saturated heterocycles. The Hall–Kier alpha value is -2.46. The Morgan fingerprint density at radius 2 is 2.20 bits per heavy atom. The molecule has 0 radical (unpaired) electrons. The zero-order chi connectivity index (χ0) is 14.5. The lowest BCUT2D eigenvalue weighted by atomic mass is 10.2. The highest BCUT2D eigenvalue weighted by Crippen LogP contribution is 2.31. The summed E-state index contributed by atoms with van der Waals surface area (Å²) in [6, 6.07) is 8.94. The molecule has 0 spiro atoms. The molecule has 7 heteroatoms. The highest BCUT2D eigenvalue weighted by molar-refractivity contribution is 7.98. The van der Waals surface area contributed by atoms with Crippen LogP contribution >= 0.6 is 11.8 Å². The molecule has 20 heavy (non-hydrogen) atoms. The maximum absolute atomic E-state index is 9.16. The first-order valence-corrected chi connectivity index (χ1v) is 6.93. The van der Waals surface area contributed by atoms with Crippen molar-refractivity contribution in [2.24, 2.45) is 0 Å². The lowest BCUT2D eigenvalue weighted by molar-refractivity contribution is 0.416. The van der Waals surface area contributed by atoms with Crippen molar-refractivity contribution in [3.63, 3.8) is 0 Å². The standard InChI is InChI=1S/C13H13N5OS/c1-19-9-5-3-4-8(7-14)12(9)17-11-6-10(15)16-13(18-11)20-2/h3-6H,1-2H3,(H3,15,16,17,18). The summed E-state index contributed by atoms with van der Waals surface area (Å²) in [4.78, 5) is 8.37. The van der Waals surface area contributed by atoms with Gasteiger partial charge < -0.3 is 15.8 Å². The van der Waals surface area contributed by atoms with E-state index in [9.17, 15) is 0 Å². The number of thioether (sulfide) groups is 1. The van der Waals surface area contributed by atoms with E-state index in [1.165, 1.54) is 11.8 Å². The quantitative estimate of drug-likeness (QED) is 0.658. The predicted octanol–water partition coefficient (Wildman–Crippen LogP) is 2.40. The molecule has 3 N–H and O–H groups in total. The maximum atomic E-state index is 9.16. The minimum Gasteiger partial charge on any atom is -0.495 e. The van der Waals surface area contributed by atoms with Crippen LogP contribution in [-0.2, 0) is 0 Å². The molecule has 1 aromatic carbocycles. The third-order valence-electron chi connectivity index (χ3n) is 2.53. The number of nitrogens with two attached hydrogens (primary N) is 1. The minimum atomic E-state index is 0.361. The summed E-state index contributed by atoms with van der Waals surface area (Å²) in [6.45, 7) is 0. The minimum absolute atomic E-state index is 0.361. The normalized spacial score (nSPS) is 9.85. The van der Waals surface area contributed by atoms with Crippen molar-refractivity contribution in [3.8, 4) is 11.8 Å². The van der Waals surface area contributed by atoms with Crippen molar-refractivity contribution in [1.82, 2.24) is 9.97 Å². The van der Waals surface area contributed by atoms with Crippen LogP contribution in [0.15, 0.2) is 29.4 Å². The zero-order valence-electron chi connectivity index (χ0n) is 11.0. The summed E-state index contributed by atoms with van der Waals surface area (Å²) < 4.78 is 5.25. The van der Waals surface area contributed by atoms with Crippen LogP contribution in [-0.4, -0.2) is 23.3 Å². The Kier molecular flexibility index (Phi) is 4.27. The number of hydrogen-bond acceptors (Lipinski definition) is 7. The summed E-state index contributed by atoms with van der Waals surface area (Å²) in [5.74, 6) is 1.44. The van der Waals surface area contributed by atoms with E-state index in [2.05, 4.69) is 21.4 Å². The highest BCUT2D eigenvalue weighted by Gasteiger charge is 2.11. The number of nitrogens with one attached hydrogen (secondary N) is 1. The molecule has 0 amide bonds. The van der Waals surface area contributed by atoms with Crippen LogP contribution in [0.5, 0.6) is 5.75 Å². The SMILES string of the molecule is COc1cccc(C#N)c1Nc1cc(N)nc(SC)n1. The molecule has 0 fully saturated rings. The van der Waals surface area contributed by atoms with E-state index < -0.39 is 0 Å². The van der Waals surface area contributed by atoms with E-state index in [-0.39, 0.29) is 0 Å². The van der Waals surface area contributed by atoms with Gasteiger partial charge in [0.1, 0.15) is 29.1 Å². The van der Waals surface area contributed by atoms with E-state index in [1.54, 1.807) is 31.4 Å². The molecule has 0 unspecified atom stereocenters. The second-order valence-electron chi connectivity index (χ2n) is 3.78. The molecular formula is C13H13N5OS. The molecule has 0 aliphatic carbocycles. The van der Waals surface area contributed by atoms with Gasteiger partial charge in [-0.25, -0.2) is 9.97 Å². The van der Waals surface area contributed by atoms with Crippen LogP contribution in [0.2, 0.25) is 0 Å². The van der Waals surface area contributed by atoms with E-state index >= 15 is 0 Å². The summed E-state index contributed by atoms with van der Waals surface area (Å²) in [6.07, 6.45) is 1.86. The number of anilines is 3. The van der Waals surface area contributed by atoms with Crippen molar-refractivity contribution in [1.29, 1.82) is 5.26 Å². The van der Waals surface area contributed by atoms with Gasteiger partial charge in [0.05, 0.1) is 12.7 Å². The second-order valence-corrected chi connectivity index (χ2v) is 4.56. The van der Waals surface area contributed by atoms with E-state index in [4.69, 9.17) is 15.7 Å². The Labute approximate surface area is 121 Å². The molecule has 0 atom stereocenters. The van der Waals surface area contributed by atoms with Gasteiger partial charge in [-0.15, -0.1) is 0 Å². The number of methoxy groups -OCH3 is 1. The fourth-order valence-corrected chi connectivity index (χ4v) is 2.04. The largest absolute Gasteiger partial charge is 0.495 e. The number of nitrogen functional groups attached to an aromatic ring is 1. The summed E-state index contributed by atoms with van der Waals surface area (Å²) >= 11 is 1.39. The predicted molar refractivity (Wildman–Crippen MR) is 79.2 cm³/mol. The Morgan fingerprint density at radius 3 is 2.85 bits per heavy atom. The average molecular weight is 287 g/mol. The molecular weight excluding hydrogens is 274 g/mol. The monoisotopic (exact) mass is 287 g/mol. The Balaban J connectivity index is 2.44. The summed E-state index contributed by atoms with van der Waals surface area (Å²) in [5.41, 5.74) is 6.75. The molecule has 0 aliphatic heterocycles. The molecule has 2 rings (SSSR count). The highest BCUT2D eigenvalue weighted by atomic mass is 32.2. The number of benzene rings is 1. The van der Waals surface area contributed by atoms with Crippen LogP contribution in [0.25, 0.3) is 0 Å². The maximum Gasteiger partial charge on any atom is 0.191 e. The number of rotatable bonds is 4. The second kappa shape index (κ2) is 6.12. The van der Waals surface area contributed by atoms with E-state index in [1.807, 2.05) is 6.26 Å². The van der Waals surface area contributed by atoms with Gasteiger partial charge in [-0.05, 0) is 18.4 Å². The van der Waals surface area contributed by atoms with Gasteiger partial charge in [-0.3, -0.25) is 0 Å². The first-order chi connectivity index (χ1) is 9.67. The van der Waals surface area contributed by atoms with Crippen molar-refractivity contribution in [2.45, 2.75) is 5.16 Å². The number of nitrogens with zero attached hydrogens (tertiary/aromatic N) is 3. The number of para-hydroxylation sites is 1. The zero-order valence-corrected chi connectivity index (χ0v) is 11.9. The van der Waals surface area contributed by atoms with Gasteiger partial charge in [0.25, 0.3) is 0 Å². The lowest BCUT2D eigenvalue weighted by Gasteiger charge is -2.12. The van der Waals surface area contributed by atoms with Gasteiger partial charge in [-0.2, -0.15) is 5.26 Å².